The zero-order valence-electron chi connectivity index (χ0n) is 12.6. The molecule has 0 heterocycles. The minimum Gasteiger partial charge on any atom is -0.461 e. The van der Waals surface area contributed by atoms with Gasteiger partial charge in [-0.3, -0.25) is 4.79 Å². The fourth-order valence-corrected chi connectivity index (χ4v) is 1.74. The van der Waals surface area contributed by atoms with Gasteiger partial charge >= 0.3 is 5.97 Å². The number of nitrogens with one attached hydrogen (secondary N) is 1. The van der Waals surface area contributed by atoms with Crippen molar-refractivity contribution >= 4 is 5.97 Å². The predicted molar refractivity (Wildman–Crippen MR) is 80.8 cm³/mol. The van der Waals surface area contributed by atoms with Crippen LogP contribution >= 0.6 is 0 Å². The van der Waals surface area contributed by atoms with E-state index < -0.39 is 0 Å². The van der Waals surface area contributed by atoms with Crippen LogP contribution in [0.2, 0.25) is 0 Å². The molecule has 1 aromatic rings. The first kappa shape index (κ1) is 17.6. The van der Waals surface area contributed by atoms with Crippen molar-refractivity contribution in [3.63, 3.8) is 0 Å². The lowest BCUT2D eigenvalue weighted by Gasteiger charge is -2.12. The highest BCUT2D eigenvalue weighted by Gasteiger charge is 2.13. The molecule has 0 bridgehead atoms. The third-order valence-electron chi connectivity index (χ3n) is 2.95. The lowest BCUT2D eigenvalue weighted by molar-refractivity contribution is -0.149. The molecule has 5 heteroatoms. The Hall–Kier alpha value is -1.43. The van der Waals surface area contributed by atoms with Crippen LogP contribution in [0.1, 0.15) is 18.9 Å². The molecule has 0 aromatic heterocycles. The van der Waals surface area contributed by atoms with E-state index in [1.165, 1.54) is 0 Å². The second-order valence-corrected chi connectivity index (χ2v) is 4.89. The molecule has 0 saturated heterocycles. The lowest BCUT2D eigenvalue weighted by atomic mass is 10.2. The first-order valence-electron chi connectivity index (χ1n) is 7.34. The molecule has 0 saturated carbocycles. The molecule has 1 aromatic carbocycles. The summed E-state index contributed by atoms with van der Waals surface area (Å²) in [6.45, 7) is 4.58. The van der Waals surface area contributed by atoms with E-state index in [2.05, 4.69) is 5.32 Å². The van der Waals surface area contributed by atoms with E-state index in [1.54, 1.807) is 0 Å². The maximum atomic E-state index is 11.8. The highest BCUT2D eigenvalue weighted by Crippen LogP contribution is 2.04. The van der Waals surface area contributed by atoms with Crippen molar-refractivity contribution in [2.45, 2.75) is 20.0 Å². The number of rotatable bonds is 11. The molecule has 0 aliphatic heterocycles. The molecule has 0 radical (unpaired) electrons. The SMILES string of the molecule is CC(CNCCCOCCO)C(=O)OCc1ccccc1. The van der Waals surface area contributed by atoms with E-state index in [0.29, 0.717) is 26.4 Å². The molecule has 1 atom stereocenters. The number of carbonyl (C=O) groups excluding carboxylic acids is 1. The number of hydrogen-bond acceptors (Lipinski definition) is 5. The van der Waals surface area contributed by atoms with E-state index in [4.69, 9.17) is 14.6 Å². The Labute approximate surface area is 126 Å². The summed E-state index contributed by atoms with van der Waals surface area (Å²) in [7, 11) is 0. The van der Waals surface area contributed by atoms with Gasteiger partial charge in [0.2, 0.25) is 0 Å². The van der Waals surface area contributed by atoms with Crippen molar-refractivity contribution < 1.29 is 19.4 Å². The van der Waals surface area contributed by atoms with Crippen LogP contribution in [0.5, 0.6) is 0 Å². The molecule has 21 heavy (non-hydrogen) atoms. The van der Waals surface area contributed by atoms with Gasteiger partial charge in [0.25, 0.3) is 0 Å². The van der Waals surface area contributed by atoms with E-state index in [-0.39, 0.29) is 18.5 Å². The first-order chi connectivity index (χ1) is 10.2. The van der Waals surface area contributed by atoms with Crippen LogP contribution in [0.15, 0.2) is 30.3 Å². The van der Waals surface area contributed by atoms with Gasteiger partial charge in [-0.15, -0.1) is 0 Å². The minimum absolute atomic E-state index is 0.0533. The standard InChI is InChI=1S/C16H25NO4/c1-14(12-17-8-5-10-20-11-9-18)16(19)21-13-15-6-3-2-4-7-15/h2-4,6-7,14,17-18H,5,8-13H2,1H3. The molecule has 0 aliphatic carbocycles. The second-order valence-electron chi connectivity index (χ2n) is 4.89. The van der Waals surface area contributed by atoms with Crippen molar-refractivity contribution in [1.82, 2.24) is 5.32 Å². The number of carbonyl (C=O) groups is 1. The summed E-state index contributed by atoms with van der Waals surface area (Å²) in [5.74, 6) is -0.366. The van der Waals surface area contributed by atoms with Gasteiger partial charge in [-0.2, -0.15) is 0 Å². The van der Waals surface area contributed by atoms with Gasteiger partial charge in [0, 0.05) is 13.2 Å². The molecule has 2 N–H and O–H groups in total. The lowest BCUT2D eigenvalue weighted by Crippen LogP contribution is -2.29. The van der Waals surface area contributed by atoms with Crippen molar-refractivity contribution in [1.29, 1.82) is 0 Å². The topological polar surface area (TPSA) is 67.8 Å². The molecular weight excluding hydrogens is 270 g/mol. The number of ether oxygens (including phenoxy) is 2. The van der Waals surface area contributed by atoms with E-state index >= 15 is 0 Å². The number of benzene rings is 1. The number of esters is 1. The molecular formula is C16H25NO4. The molecule has 0 fully saturated rings. The van der Waals surface area contributed by atoms with E-state index in [1.807, 2.05) is 37.3 Å². The number of hydrogen-bond donors (Lipinski definition) is 2. The predicted octanol–water partition coefficient (Wildman–Crippen LogP) is 1.35. The van der Waals surface area contributed by atoms with E-state index in [9.17, 15) is 4.79 Å². The van der Waals surface area contributed by atoms with Crippen molar-refractivity contribution in [2.24, 2.45) is 5.92 Å². The summed E-state index contributed by atoms with van der Waals surface area (Å²) in [6, 6.07) is 9.65. The third-order valence-corrected chi connectivity index (χ3v) is 2.95. The van der Waals surface area contributed by atoms with Gasteiger partial charge in [0.1, 0.15) is 6.61 Å². The molecule has 0 aliphatic rings. The Balaban J connectivity index is 2.06. The Morgan fingerprint density at radius 1 is 1.29 bits per heavy atom. The van der Waals surface area contributed by atoms with E-state index in [0.717, 1.165) is 18.5 Å². The summed E-state index contributed by atoms with van der Waals surface area (Å²) < 4.78 is 10.4. The van der Waals surface area contributed by atoms with Gasteiger partial charge in [-0.1, -0.05) is 37.3 Å². The van der Waals surface area contributed by atoms with Crippen LogP contribution in [0.4, 0.5) is 0 Å². The molecule has 1 rings (SSSR count). The monoisotopic (exact) mass is 295 g/mol. The highest BCUT2D eigenvalue weighted by atomic mass is 16.5. The van der Waals surface area contributed by atoms with Crippen LogP contribution in [0.25, 0.3) is 0 Å². The van der Waals surface area contributed by atoms with Crippen LogP contribution in [-0.4, -0.2) is 44.0 Å². The Kier molecular flexibility index (Phi) is 9.44. The molecule has 1 unspecified atom stereocenters. The smallest absolute Gasteiger partial charge is 0.310 e. The average molecular weight is 295 g/mol. The Morgan fingerprint density at radius 3 is 2.76 bits per heavy atom. The molecule has 5 nitrogen and oxygen atoms in total. The van der Waals surface area contributed by atoms with Gasteiger partial charge in [0.15, 0.2) is 0 Å². The van der Waals surface area contributed by atoms with Crippen molar-refractivity contribution in [2.75, 3.05) is 32.9 Å². The summed E-state index contributed by atoms with van der Waals surface area (Å²) in [5, 5.41) is 11.7. The number of aliphatic hydroxyl groups is 1. The van der Waals surface area contributed by atoms with Crippen molar-refractivity contribution in [3.05, 3.63) is 35.9 Å². The summed E-state index contributed by atoms with van der Waals surface area (Å²) in [6.07, 6.45) is 0.853. The fourth-order valence-electron chi connectivity index (χ4n) is 1.74. The van der Waals surface area contributed by atoms with Crippen LogP contribution in [-0.2, 0) is 20.9 Å². The minimum atomic E-state index is -0.192. The second kappa shape index (κ2) is 11.3. The summed E-state index contributed by atoms with van der Waals surface area (Å²) >= 11 is 0. The van der Waals surface area contributed by atoms with Gasteiger partial charge in [-0.05, 0) is 18.5 Å². The number of aliphatic hydroxyl groups excluding tert-OH is 1. The first-order valence-corrected chi connectivity index (χ1v) is 7.34. The largest absolute Gasteiger partial charge is 0.461 e. The van der Waals surface area contributed by atoms with Gasteiger partial charge in [0.05, 0.1) is 19.1 Å². The van der Waals surface area contributed by atoms with Crippen LogP contribution in [0, 0.1) is 5.92 Å². The summed E-state index contributed by atoms with van der Waals surface area (Å²) in [4.78, 5) is 11.8. The van der Waals surface area contributed by atoms with Crippen LogP contribution in [0.3, 0.4) is 0 Å². The van der Waals surface area contributed by atoms with Gasteiger partial charge in [-0.25, -0.2) is 0 Å². The molecule has 118 valence electrons. The quantitative estimate of drug-likeness (QED) is 0.476. The average Bonchev–Trinajstić information content (AvgIpc) is 2.52. The Bertz CT molecular complexity index is 383. The third kappa shape index (κ3) is 8.45. The van der Waals surface area contributed by atoms with Gasteiger partial charge < -0.3 is 19.9 Å². The molecule has 0 spiro atoms. The molecule has 0 amide bonds. The zero-order chi connectivity index (χ0) is 15.3. The zero-order valence-corrected chi connectivity index (χ0v) is 12.6. The van der Waals surface area contributed by atoms with Crippen LogP contribution < -0.4 is 5.32 Å². The fraction of sp³-hybridized carbons (Fsp3) is 0.562. The normalized spacial score (nSPS) is 12.1. The maximum absolute atomic E-state index is 11.8. The van der Waals surface area contributed by atoms with Crippen molar-refractivity contribution in [3.8, 4) is 0 Å². The Morgan fingerprint density at radius 2 is 2.05 bits per heavy atom. The summed E-state index contributed by atoms with van der Waals surface area (Å²) in [5.41, 5.74) is 0.993. The highest BCUT2D eigenvalue weighted by molar-refractivity contribution is 5.72. The maximum Gasteiger partial charge on any atom is 0.310 e.